The smallest absolute Gasteiger partial charge is 0.0620 e. The minimum atomic E-state index is 0.112. The molecule has 0 amide bonds. The maximum absolute atomic E-state index is 2.47. The minimum Gasteiger partial charge on any atom is -0.308 e. The Labute approximate surface area is 158 Å². The molecular weight excluding hydrogens is 326 g/mol. The van der Waals surface area contributed by atoms with Crippen LogP contribution in [0, 0.1) is 0 Å². The van der Waals surface area contributed by atoms with Crippen LogP contribution in [0.4, 0.5) is 0 Å². The van der Waals surface area contributed by atoms with Crippen LogP contribution in [-0.4, -0.2) is 4.40 Å². The number of fused-ring (bicyclic) bond motifs is 8. The average Bonchev–Trinajstić information content (AvgIpc) is 3.18. The molecule has 0 unspecified atom stereocenters. The summed E-state index contributed by atoms with van der Waals surface area (Å²) in [4.78, 5) is 0. The molecule has 0 aliphatic carbocycles. The van der Waals surface area contributed by atoms with Crippen molar-refractivity contribution in [2.45, 2.75) is 26.2 Å². The number of rotatable bonds is 0. The molecule has 27 heavy (non-hydrogen) atoms. The van der Waals surface area contributed by atoms with E-state index in [1.165, 1.54) is 54.4 Å². The lowest BCUT2D eigenvalue weighted by molar-refractivity contribution is 0.592. The summed E-state index contributed by atoms with van der Waals surface area (Å²) in [5, 5.41) is 8.12. The molecule has 0 aliphatic heterocycles. The first-order chi connectivity index (χ1) is 13.0. The van der Waals surface area contributed by atoms with Crippen LogP contribution in [0.1, 0.15) is 26.3 Å². The Balaban J connectivity index is 2.01. The summed E-state index contributed by atoms with van der Waals surface area (Å²) >= 11 is 0. The van der Waals surface area contributed by atoms with Gasteiger partial charge in [0.25, 0.3) is 0 Å². The fourth-order valence-corrected chi connectivity index (χ4v) is 4.70. The number of hydrogen-bond donors (Lipinski definition) is 0. The lowest BCUT2D eigenvalue weighted by Gasteiger charge is -2.19. The van der Waals surface area contributed by atoms with Gasteiger partial charge in [0.2, 0.25) is 0 Å². The highest BCUT2D eigenvalue weighted by Crippen LogP contribution is 2.43. The Hall–Kier alpha value is -3.06. The summed E-state index contributed by atoms with van der Waals surface area (Å²) in [5.41, 5.74) is 5.47. The Kier molecular flexibility index (Phi) is 2.68. The third-order valence-corrected chi connectivity index (χ3v) is 6.05. The van der Waals surface area contributed by atoms with E-state index >= 15 is 0 Å². The molecule has 1 heteroatoms. The van der Waals surface area contributed by atoms with Gasteiger partial charge >= 0.3 is 0 Å². The van der Waals surface area contributed by atoms with E-state index in [0.717, 1.165) is 0 Å². The number of hydrogen-bond acceptors (Lipinski definition) is 0. The first kappa shape index (κ1) is 15.0. The maximum atomic E-state index is 2.47. The van der Waals surface area contributed by atoms with Crippen molar-refractivity contribution in [2.24, 2.45) is 0 Å². The zero-order chi connectivity index (χ0) is 18.3. The molecule has 6 rings (SSSR count). The maximum Gasteiger partial charge on any atom is 0.0620 e. The van der Waals surface area contributed by atoms with Gasteiger partial charge in [-0.25, -0.2) is 0 Å². The van der Waals surface area contributed by atoms with Crippen LogP contribution >= 0.6 is 0 Å². The number of para-hydroxylation sites is 1. The number of aromatic nitrogens is 1. The van der Waals surface area contributed by atoms with Gasteiger partial charge in [0.1, 0.15) is 0 Å². The third-order valence-electron chi connectivity index (χ3n) is 6.05. The normalized spacial score (nSPS) is 13.0. The molecule has 0 saturated carbocycles. The summed E-state index contributed by atoms with van der Waals surface area (Å²) < 4.78 is 2.47. The average molecular weight is 347 g/mol. The second-order valence-corrected chi connectivity index (χ2v) is 8.70. The zero-order valence-corrected chi connectivity index (χ0v) is 15.9. The van der Waals surface area contributed by atoms with Crippen LogP contribution in [0.3, 0.4) is 0 Å². The SMILES string of the molecule is CC(C)(C)c1cc2c3ccccc3n3c4ccc5ccccc5c4c(c1)c23. The van der Waals surface area contributed by atoms with E-state index in [2.05, 4.69) is 98.0 Å². The standard InChI is InChI=1S/C26H21N/c1-26(2,3)17-14-20-19-10-6-7-11-22(19)27-23-13-12-16-8-4-5-9-18(16)24(23)21(15-17)25(20)27/h4-15H,1-3H3. The van der Waals surface area contributed by atoms with Crippen molar-refractivity contribution in [3.8, 4) is 0 Å². The predicted molar refractivity (Wildman–Crippen MR) is 117 cm³/mol. The van der Waals surface area contributed by atoms with Gasteiger partial charge in [-0.05, 0) is 46.0 Å². The van der Waals surface area contributed by atoms with Crippen molar-refractivity contribution in [1.29, 1.82) is 0 Å². The zero-order valence-electron chi connectivity index (χ0n) is 15.9. The number of benzene rings is 4. The predicted octanol–water partition coefficient (Wildman–Crippen LogP) is 7.29. The first-order valence-electron chi connectivity index (χ1n) is 9.64. The van der Waals surface area contributed by atoms with Crippen molar-refractivity contribution < 1.29 is 0 Å². The quantitative estimate of drug-likeness (QED) is 0.272. The van der Waals surface area contributed by atoms with E-state index in [-0.39, 0.29) is 5.41 Å². The third kappa shape index (κ3) is 1.84. The summed E-state index contributed by atoms with van der Waals surface area (Å²) in [6.07, 6.45) is 0. The van der Waals surface area contributed by atoms with Gasteiger partial charge in [0, 0.05) is 21.5 Å². The van der Waals surface area contributed by atoms with Crippen LogP contribution in [0.2, 0.25) is 0 Å². The molecule has 0 saturated heterocycles. The molecule has 0 spiro atoms. The molecule has 130 valence electrons. The minimum absolute atomic E-state index is 0.112. The topological polar surface area (TPSA) is 4.41 Å². The van der Waals surface area contributed by atoms with Gasteiger partial charge in [-0.15, -0.1) is 0 Å². The molecule has 0 atom stereocenters. The van der Waals surface area contributed by atoms with Crippen LogP contribution < -0.4 is 0 Å². The Morgan fingerprint density at radius 2 is 1.33 bits per heavy atom. The summed E-state index contributed by atoms with van der Waals surface area (Å²) in [6, 6.07) is 26.9. The van der Waals surface area contributed by atoms with Crippen molar-refractivity contribution in [1.82, 2.24) is 4.40 Å². The van der Waals surface area contributed by atoms with E-state index < -0.39 is 0 Å². The van der Waals surface area contributed by atoms with Crippen molar-refractivity contribution in [3.63, 3.8) is 0 Å². The van der Waals surface area contributed by atoms with Crippen molar-refractivity contribution in [3.05, 3.63) is 78.4 Å². The lowest BCUT2D eigenvalue weighted by Crippen LogP contribution is -2.10. The summed E-state index contributed by atoms with van der Waals surface area (Å²) in [5.74, 6) is 0. The van der Waals surface area contributed by atoms with Crippen LogP contribution in [-0.2, 0) is 5.41 Å². The van der Waals surface area contributed by atoms with Gasteiger partial charge in [-0.1, -0.05) is 69.3 Å². The number of nitrogens with zero attached hydrogens (tertiary/aromatic N) is 1. The molecule has 0 radical (unpaired) electrons. The second-order valence-electron chi connectivity index (χ2n) is 8.70. The molecule has 2 heterocycles. The van der Waals surface area contributed by atoms with Crippen LogP contribution in [0.5, 0.6) is 0 Å². The highest BCUT2D eigenvalue weighted by atomic mass is 14.9. The molecule has 0 N–H and O–H groups in total. The Morgan fingerprint density at radius 1 is 0.630 bits per heavy atom. The van der Waals surface area contributed by atoms with Crippen LogP contribution in [0.25, 0.3) is 48.9 Å². The highest BCUT2D eigenvalue weighted by molar-refractivity contribution is 6.28. The van der Waals surface area contributed by atoms with Crippen LogP contribution in [0.15, 0.2) is 72.8 Å². The molecule has 6 aromatic rings. The van der Waals surface area contributed by atoms with Gasteiger partial charge in [0.15, 0.2) is 0 Å². The van der Waals surface area contributed by atoms with Gasteiger partial charge < -0.3 is 4.40 Å². The molecule has 0 bridgehead atoms. The molecule has 4 aromatic carbocycles. The lowest BCUT2D eigenvalue weighted by atomic mass is 9.85. The molecule has 1 nitrogen and oxygen atoms in total. The molecular formula is C26H21N. The highest BCUT2D eigenvalue weighted by Gasteiger charge is 2.22. The first-order valence-corrected chi connectivity index (χ1v) is 9.64. The van der Waals surface area contributed by atoms with E-state index in [9.17, 15) is 0 Å². The molecule has 2 aromatic heterocycles. The Bertz CT molecular complexity index is 1490. The van der Waals surface area contributed by atoms with Gasteiger partial charge in [-0.2, -0.15) is 0 Å². The van der Waals surface area contributed by atoms with E-state index in [4.69, 9.17) is 0 Å². The monoisotopic (exact) mass is 347 g/mol. The summed E-state index contributed by atoms with van der Waals surface area (Å²) in [7, 11) is 0. The second kappa shape index (κ2) is 4.80. The largest absolute Gasteiger partial charge is 0.308 e. The van der Waals surface area contributed by atoms with Gasteiger partial charge in [0.05, 0.1) is 16.6 Å². The van der Waals surface area contributed by atoms with Gasteiger partial charge in [-0.3, -0.25) is 0 Å². The van der Waals surface area contributed by atoms with E-state index in [1.54, 1.807) is 0 Å². The van der Waals surface area contributed by atoms with E-state index in [0.29, 0.717) is 0 Å². The molecule has 0 fully saturated rings. The molecule has 0 aliphatic rings. The Morgan fingerprint density at radius 3 is 2.15 bits per heavy atom. The van der Waals surface area contributed by atoms with E-state index in [1.807, 2.05) is 0 Å². The summed E-state index contributed by atoms with van der Waals surface area (Å²) in [6.45, 7) is 6.91. The fraction of sp³-hybridized carbons (Fsp3) is 0.154. The fourth-order valence-electron chi connectivity index (χ4n) is 4.70. The van der Waals surface area contributed by atoms with Crippen molar-refractivity contribution in [2.75, 3.05) is 0 Å². The van der Waals surface area contributed by atoms with Crippen molar-refractivity contribution >= 4 is 48.9 Å².